The number of rotatable bonds is 6. The highest BCUT2D eigenvalue weighted by atomic mass is 16.5. The molecule has 0 amide bonds. The maximum absolute atomic E-state index is 12.5. The highest BCUT2D eigenvalue weighted by Crippen LogP contribution is 2.47. The van der Waals surface area contributed by atoms with Crippen LogP contribution in [0.4, 0.5) is 0 Å². The molecule has 0 aromatic heterocycles. The van der Waals surface area contributed by atoms with Crippen molar-refractivity contribution in [1.29, 1.82) is 0 Å². The van der Waals surface area contributed by atoms with Crippen LogP contribution in [0.3, 0.4) is 0 Å². The fourth-order valence-electron chi connectivity index (χ4n) is 4.96. The van der Waals surface area contributed by atoms with Gasteiger partial charge in [-0.3, -0.25) is 9.69 Å². The minimum atomic E-state index is -0.0657. The normalized spacial score (nSPS) is 27.6. The molecule has 1 N–H and O–H groups in total. The van der Waals surface area contributed by atoms with Crippen molar-refractivity contribution in [3.63, 3.8) is 0 Å². The summed E-state index contributed by atoms with van der Waals surface area (Å²) < 4.78 is 6.03. The second-order valence-corrected chi connectivity index (χ2v) is 8.14. The number of phenolic OH excluding ortho intramolecular Hbond substituents is 1. The van der Waals surface area contributed by atoms with Crippen LogP contribution >= 0.6 is 0 Å². The average molecular weight is 365 g/mol. The third kappa shape index (κ3) is 3.92. The summed E-state index contributed by atoms with van der Waals surface area (Å²) in [5, 5.41) is 9.38. The van der Waals surface area contributed by atoms with Gasteiger partial charge in [-0.25, -0.2) is 0 Å². The van der Waals surface area contributed by atoms with Crippen LogP contribution in [-0.4, -0.2) is 48.1 Å². The quantitative estimate of drug-likeness (QED) is 0.796. The number of ketones is 1. The Hall–Kier alpha value is -2.17. The summed E-state index contributed by atoms with van der Waals surface area (Å²) in [5.41, 5.74) is 1.93. The molecule has 1 heterocycles. The van der Waals surface area contributed by atoms with E-state index in [0.29, 0.717) is 23.9 Å². The lowest BCUT2D eigenvalue weighted by molar-refractivity contribution is -0.0129. The first-order valence-corrected chi connectivity index (χ1v) is 9.70. The molecule has 1 saturated heterocycles. The van der Waals surface area contributed by atoms with Gasteiger partial charge >= 0.3 is 0 Å². The minimum absolute atomic E-state index is 0.0657. The van der Waals surface area contributed by atoms with Crippen molar-refractivity contribution < 1.29 is 14.6 Å². The molecule has 1 aliphatic carbocycles. The molecule has 4 rings (SSSR count). The van der Waals surface area contributed by atoms with E-state index < -0.39 is 0 Å². The molecule has 2 unspecified atom stereocenters. The number of fused-ring (bicyclic) bond motifs is 1. The standard InChI is InChI=1S/C23H27NO3/c1-27-23(11-17-5-3-2-4-6-17)12-19-14-24(15-20(19)13-23)16-22(26)18-7-9-21(25)10-8-18/h2-10,19-20,25H,11-16H2,1H3. The van der Waals surface area contributed by atoms with Crippen LogP contribution in [0.5, 0.6) is 5.75 Å². The first kappa shape index (κ1) is 18.2. The summed E-state index contributed by atoms with van der Waals surface area (Å²) in [6, 6.07) is 17.1. The number of nitrogens with zero attached hydrogens (tertiary/aromatic N) is 1. The molecule has 2 aromatic rings. The van der Waals surface area contributed by atoms with Gasteiger partial charge in [-0.2, -0.15) is 0 Å². The number of methoxy groups -OCH3 is 1. The van der Waals surface area contributed by atoms with Gasteiger partial charge in [0, 0.05) is 32.2 Å². The van der Waals surface area contributed by atoms with E-state index in [0.717, 1.165) is 32.4 Å². The minimum Gasteiger partial charge on any atom is -0.508 e. The van der Waals surface area contributed by atoms with E-state index >= 15 is 0 Å². The third-order valence-corrected chi connectivity index (χ3v) is 6.28. The summed E-state index contributed by atoms with van der Waals surface area (Å²) in [4.78, 5) is 14.8. The van der Waals surface area contributed by atoms with Crippen molar-refractivity contribution in [2.24, 2.45) is 11.8 Å². The number of carbonyl (C=O) groups excluding carboxylic acids is 1. The molecule has 2 atom stereocenters. The summed E-state index contributed by atoms with van der Waals surface area (Å²) in [5.74, 6) is 1.51. The van der Waals surface area contributed by atoms with Gasteiger partial charge in [-0.1, -0.05) is 30.3 Å². The van der Waals surface area contributed by atoms with E-state index in [-0.39, 0.29) is 17.1 Å². The molecule has 142 valence electrons. The van der Waals surface area contributed by atoms with E-state index in [9.17, 15) is 9.90 Å². The Bertz CT molecular complexity index is 773. The fraction of sp³-hybridized carbons (Fsp3) is 0.435. The fourth-order valence-corrected chi connectivity index (χ4v) is 4.96. The molecular formula is C23H27NO3. The number of benzene rings is 2. The molecular weight excluding hydrogens is 338 g/mol. The second-order valence-electron chi connectivity index (χ2n) is 8.14. The Labute approximate surface area is 160 Å². The molecule has 0 bridgehead atoms. The summed E-state index contributed by atoms with van der Waals surface area (Å²) in [6.07, 6.45) is 3.09. The number of hydrogen-bond acceptors (Lipinski definition) is 4. The molecule has 0 spiro atoms. The topological polar surface area (TPSA) is 49.8 Å². The van der Waals surface area contributed by atoms with Crippen molar-refractivity contribution >= 4 is 5.78 Å². The Morgan fingerprint density at radius 1 is 1.07 bits per heavy atom. The Balaban J connectivity index is 1.36. The van der Waals surface area contributed by atoms with E-state index in [1.807, 2.05) is 7.11 Å². The van der Waals surface area contributed by atoms with Gasteiger partial charge in [-0.05, 0) is 54.5 Å². The molecule has 0 radical (unpaired) electrons. The van der Waals surface area contributed by atoms with Gasteiger partial charge in [0.25, 0.3) is 0 Å². The maximum atomic E-state index is 12.5. The molecule has 2 fully saturated rings. The van der Waals surface area contributed by atoms with Crippen molar-refractivity contribution in [2.45, 2.75) is 24.9 Å². The molecule has 2 aromatic carbocycles. The summed E-state index contributed by atoms with van der Waals surface area (Å²) in [6.45, 7) is 2.39. The highest BCUT2D eigenvalue weighted by molar-refractivity contribution is 5.97. The number of Topliss-reactive ketones (excluding diaryl/α,β-unsaturated/α-hetero) is 1. The zero-order valence-corrected chi connectivity index (χ0v) is 15.8. The number of hydrogen-bond donors (Lipinski definition) is 1. The lowest BCUT2D eigenvalue weighted by Crippen LogP contribution is -2.35. The Kier molecular flexibility index (Phi) is 5.02. The number of carbonyl (C=O) groups is 1. The smallest absolute Gasteiger partial charge is 0.176 e. The average Bonchev–Trinajstić information content (AvgIpc) is 3.18. The SMILES string of the molecule is COC1(Cc2ccccc2)CC2CN(CC(=O)c3ccc(O)cc3)CC2C1. The molecule has 4 nitrogen and oxygen atoms in total. The van der Waals surface area contributed by atoms with Gasteiger partial charge in [0.15, 0.2) is 5.78 Å². The van der Waals surface area contributed by atoms with Crippen molar-refractivity contribution in [3.8, 4) is 5.75 Å². The van der Waals surface area contributed by atoms with Crippen LogP contribution in [0, 0.1) is 11.8 Å². The largest absolute Gasteiger partial charge is 0.508 e. The van der Waals surface area contributed by atoms with Gasteiger partial charge in [0.1, 0.15) is 5.75 Å². The number of likely N-dealkylation sites (tertiary alicyclic amines) is 1. The van der Waals surface area contributed by atoms with Gasteiger partial charge in [0.05, 0.1) is 12.1 Å². The van der Waals surface area contributed by atoms with Gasteiger partial charge in [-0.15, -0.1) is 0 Å². The number of ether oxygens (including phenoxy) is 1. The predicted octanol–water partition coefficient (Wildman–Crippen LogP) is 3.54. The third-order valence-electron chi connectivity index (χ3n) is 6.28. The molecule has 1 saturated carbocycles. The molecule has 1 aliphatic heterocycles. The van der Waals surface area contributed by atoms with Gasteiger partial charge < -0.3 is 9.84 Å². The van der Waals surface area contributed by atoms with Crippen molar-refractivity contribution in [3.05, 3.63) is 65.7 Å². The van der Waals surface area contributed by atoms with Crippen LogP contribution in [-0.2, 0) is 11.2 Å². The molecule has 4 heteroatoms. The van der Waals surface area contributed by atoms with E-state index in [4.69, 9.17) is 4.74 Å². The van der Waals surface area contributed by atoms with Gasteiger partial charge in [0.2, 0.25) is 0 Å². The first-order chi connectivity index (χ1) is 13.1. The second kappa shape index (κ2) is 7.45. The van der Waals surface area contributed by atoms with E-state index in [1.165, 1.54) is 5.56 Å². The first-order valence-electron chi connectivity index (χ1n) is 9.70. The Morgan fingerprint density at radius 2 is 1.70 bits per heavy atom. The predicted molar refractivity (Wildman–Crippen MR) is 105 cm³/mol. The van der Waals surface area contributed by atoms with Crippen molar-refractivity contribution in [2.75, 3.05) is 26.7 Å². The highest BCUT2D eigenvalue weighted by Gasteiger charge is 2.49. The lowest BCUT2D eigenvalue weighted by atomic mass is 9.91. The number of aromatic hydroxyl groups is 1. The van der Waals surface area contributed by atoms with Crippen molar-refractivity contribution in [1.82, 2.24) is 4.90 Å². The maximum Gasteiger partial charge on any atom is 0.176 e. The monoisotopic (exact) mass is 365 g/mol. The van der Waals surface area contributed by atoms with Crippen LogP contribution in [0.2, 0.25) is 0 Å². The van der Waals surface area contributed by atoms with Crippen LogP contribution in [0.15, 0.2) is 54.6 Å². The lowest BCUT2D eigenvalue weighted by Gasteiger charge is -2.30. The molecule has 27 heavy (non-hydrogen) atoms. The van der Waals surface area contributed by atoms with E-state index in [1.54, 1.807) is 24.3 Å². The zero-order valence-electron chi connectivity index (χ0n) is 15.8. The van der Waals surface area contributed by atoms with Crippen LogP contribution < -0.4 is 0 Å². The summed E-state index contributed by atoms with van der Waals surface area (Å²) in [7, 11) is 1.84. The molecule has 2 aliphatic rings. The van der Waals surface area contributed by atoms with Crippen LogP contribution in [0.25, 0.3) is 0 Å². The van der Waals surface area contributed by atoms with E-state index in [2.05, 4.69) is 35.2 Å². The van der Waals surface area contributed by atoms with Crippen LogP contribution in [0.1, 0.15) is 28.8 Å². The Morgan fingerprint density at radius 3 is 2.30 bits per heavy atom. The zero-order chi connectivity index (χ0) is 18.9. The number of phenols is 1. The summed E-state index contributed by atoms with van der Waals surface area (Å²) >= 11 is 0.